The smallest absolute Gasteiger partial charge is 0.0540 e. The van der Waals surface area contributed by atoms with Crippen LogP contribution in [-0.4, -0.2) is 0 Å². The number of rotatable bonds is 3. The molecule has 1 nitrogen and oxygen atoms in total. The molecule has 0 saturated heterocycles. The first-order valence-electron chi connectivity index (χ1n) is 12.0. The Morgan fingerprint density at radius 2 is 0.829 bits per heavy atom. The summed E-state index contributed by atoms with van der Waals surface area (Å²) in [6.45, 7) is 0. The molecule has 35 heavy (non-hydrogen) atoms. The van der Waals surface area contributed by atoms with Gasteiger partial charge in [0.15, 0.2) is 0 Å². The number of nitrogens with zero attached hydrogens (tertiary/aromatic N) is 1. The van der Waals surface area contributed by atoms with Crippen molar-refractivity contribution in [1.82, 2.24) is 0 Å². The van der Waals surface area contributed by atoms with Gasteiger partial charge >= 0.3 is 0 Å². The van der Waals surface area contributed by atoms with E-state index in [0.717, 1.165) is 11.4 Å². The molecule has 0 fully saturated rings. The van der Waals surface area contributed by atoms with Gasteiger partial charge < -0.3 is 4.90 Å². The molecule has 0 aliphatic rings. The van der Waals surface area contributed by atoms with Crippen LogP contribution in [0.4, 0.5) is 17.1 Å². The summed E-state index contributed by atoms with van der Waals surface area (Å²) in [7, 11) is 0. The lowest BCUT2D eigenvalue weighted by Crippen LogP contribution is -2.10. The first-order chi connectivity index (χ1) is 17.4. The van der Waals surface area contributed by atoms with E-state index in [1.165, 1.54) is 48.8 Å². The summed E-state index contributed by atoms with van der Waals surface area (Å²) in [6, 6.07) is 50.3. The van der Waals surface area contributed by atoms with Crippen LogP contribution in [0.15, 0.2) is 140 Å². The molecule has 7 rings (SSSR count). The summed E-state index contributed by atoms with van der Waals surface area (Å²) < 4.78 is 0. The second-order valence-corrected chi connectivity index (χ2v) is 8.99. The van der Waals surface area contributed by atoms with E-state index in [1.807, 2.05) is 0 Å². The Bertz CT molecular complexity index is 1810. The fraction of sp³-hybridized carbons (Fsp3) is 0. The van der Waals surface area contributed by atoms with Crippen LogP contribution in [0.25, 0.3) is 43.1 Å². The van der Waals surface area contributed by atoms with Crippen molar-refractivity contribution in [3.63, 3.8) is 0 Å². The van der Waals surface area contributed by atoms with Gasteiger partial charge in [-0.2, -0.15) is 0 Å². The number of hydrogen-bond donors (Lipinski definition) is 0. The van der Waals surface area contributed by atoms with Gasteiger partial charge in [0.1, 0.15) is 0 Å². The van der Waals surface area contributed by atoms with Crippen molar-refractivity contribution >= 4 is 60.2 Å². The van der Waals surface area contributed by atoms with Crippen LogP contribution >= 0.6 is 0 Å². The third kappa shape index (κ3) is 3.17. The molecule has 0 bridgehead atoms. The average molecular weight is 446 g/mol. The molecular formula is C34H23N. The molecule has 7 aromatic carbocycles. The van der Waals surface area contributed by atoms with Crippen LogP contribution in [0.5, 0.6) is 0 Å². The third-order valence-electron chi connectivity index (χ3n) is 7.01. The van der Waals surface area contributed by atoms with Crippen LogP contribution in [-0.2, 0) is 0 Å². The molecular weight excluding hydrogens is 422 g/mol. The van der Waals surface area contributed by atoms with E-state index in [-0.39, 0.29) is 0 Å². The fourth-order valence-electron chi connectivity index (χ4n) is 5.44. The van der Waals surface area contributed by atoms with E-state index in [9.17, 15) is 0 Å². The second-order valence-electron chi connectivity index (χ2n) is 8.99. The van der Waals surface area contributed by atoms with E-state index in [4.69, 9.17) is 0 Å². The van der Waals surface area contributed by atoms with Crippen molar-refractivity contribution in [3.05, 3.63) is 140 Å². The summed E-state index contributed by atoms with van der Waals surface area (Å²) >= 11 is 0. The van der Waals surface area contributed by atoms with Crippen molar-refractivity contribution in [1.29, 1.82) is 0 Å². The summed E-state index contributed by atoms with van der Waals surface area (Å²) in [5.74, 6) is 0. The Morgan fingerprint density at radius 1 is 0.314 bits per heavy atom. The molecule has 0 radical (unpaired) electrons. The topological polar surface area (TPSA) is 3.24 Å². The average Bonchev–Trinajstić information content (AvgIpc) is 2.94. The van der Waals surface area contributed by atoms with Gasteiger partial charge in [0.05, 0.1) is 5.69 Å². The van der Waals surface area contributed by atoms with Crippen LogP contribution in [0.3, 0.4) is 0 Å². The van der Waals surface area contributed by atoms with Gasteiger partial charge in [0.25, 0.3) is 0 Å². The lowest BCUT2D eigenvalue weighted by atomic mass is 9.94. The largest absolute Gasteiger partial charge is 0.310 e. The SMILES string of the molecule is c1ccc(N(c2ccc3c4ccccc4c4ccccc4c3c2)c2cccc3ccccc23)cc1. The molecule has 1 heteroatoms. The molecule has 0 aliphatic heterocycles. The van der Waals surface area contributed by atoms with Gasteiger partial charge in [-0.3, -0.25) is 0 Å². The predicted octanol–water partition coefficient (Wildman–Crippen LogP) is 9.77. The molecule has 164 valence electrons. The highest BCUT2D eigenvalue weighted by molar-refractivity contribution is 6.25. The summed E-state index contributed by atoms with van der Waals surface area (Å²) in [4.78, 5) is 2.38. The lowest BCUT2D eigenvalue weighted by Gasteiger charge is -2.27. The molecule has 0 N–H and O–H groups in total. The van der Waals surface area contributed by atoms with Crippen molar-refractivity contribution in [2.75, 3.05) is 4.90 Å². The molecule has 0 amide bonds. The van der Waals surface area contributed by atoms with Gasteiger partial charge in [0, 0.05) is 16.8 Å². The summed E-state index contributed by atoms with van der Waals surface area (Å²) in [6.07, 6.45) is 0. The zero-order chi connectivity index (χ0) is 23.2. The van der Waals surface area contributed by atoms with E-state index in [1.54, 1.807) is 0 Å². The highest BCUT2D eigenvalue weighted by Gasteiger charge is 2.17. The number of benzene rings is 7. The molecule has 0 saturated carbocycles. The third-order valence-corrected chi connectivity index (χ3v) is 7.01. The first-order valence-corrected chi connectivity index (χ1v) is 12.0. The van der Waals surface area contributed by atoms with Crippen molar-refractivity contribution < 1.29 is 0 Å². The number of para-hydroxylation sites is 1. The monoisotopic (exact) mass is 445 g/mol. The summed E-state index contributed by atoms with van der Waals surface area (Å²) in [5.41, 5.74) is 3.48. The predicted molar refractivity (Wildman–Crippen MR) is 151 cm³/mol. The van der Waals surface area contributed by atoms with Gasteiger partial charge in [-0.05, 0) is 68.0 Å². The fourth-order valence-corrected chi connectivity index (χ4v) is 5.44. The van der Waals surface area contributed by atoms with Gasteiger partial charge in [-0.25, -0.2) is 0 Å². The number of anilines is 3. The van der Waals surface area contributed by atoms with Crippen molar-refractivity contribution in [2.24, 2.45) is 0 Å². The Kier molecular flexibility index (Phi) is 4.53. The molecule has 0 atom stereocenters. The Labute approximate surface area is 204 Å². The van der Waals surface area contributed by atoms with Crippen molar-refractivity contribution in [2.45, 2.75) is 0 Å². The zero-order valence-electron chi connectivity index (χ0n) is 19.2. The van der Waals surface area contributed by atoms with Crippen LogP contribution in [0.2, 0.25) is 0 Å². The van der Waals surface area contributed by atoms with Crippen LogP contribution in [0, 0.1) is 0 Å². The van der Waals surface area contributed by atoms with E-state index in [0.29, 0.717) is 0 Å². The minimum atomic E-state index is 1.15. The van der Waals surface area contributed by atoms with Crippen LogP contribution in [0.1, 0.15) is 0 Å². The molecule has 0 heterocycles. The van der Waals surface area contributed by atoms with E-state index >= 15 is 0 Å². The van der Waals surface area contributed by atoms with Gasteiger partial charge in [0.2, 0.25) is 0 Å². The standard InChI is InChI=1S/C34H23N/c1-2-13-25(14-3-1)35(34-20-10-12-24-11-4-5-15-27(24)34)26-21-22-32-30-18-7-6-16-28(30)29-17-8-9-19-31(29)33(32)23-26/h1-23H. The minimum Gasteiger partial charge on any atom is -0.310 e. The number of fused-ring (bicyclic) bond motifs is 7. The molecule has 7 aromatic rings. The summed E-state index contributed by atoms with van der Waals surface area (Å²) in [5, 5.41) is 10.2. The van der Waals surface area contributed by atoms with Gasteiger partial charge in [-0.15, -0.1) is 0 Å². The minimum absolute atomic E-state index is 1.15. The normalized spacial score (nSPS) is 11.4. The molecule has 0 spiro atoms. The van der Waals surface area contributed by atoms with E-state index < -0.39 is 0 Å². The maximum atomic E-state index is 2.38. The maximum absolute atomic E-state index is 2.38. The quantitative estimate of drug-likeness (QED) is 0.245. The van der Waals surface area contributed by atoms with Crippen LogP contribution < -0.4 is 4.90 Å². The molecule has 0 aliphatic carbocycles. The zero-order valence-corrected chi connectivity index (χ0v) is 19.2. The maximum Gasteiger partial charge on any atom is 0.0540 e. The van der Waals surface area contributed by atoms with E-state index in [2.05, 4.69) is 144 Å². The second kappa shape index (κ2) is 8.00. The van der Waals surface area contributed by atoms with Gasteiger partial charge in [-0.1, -0.05) is 109 Å². The lowest BCUT2D eigenvalue weighted by molar-refractivity contribution is 1.30. The Morgan fingerprint density at radius 3 is 1.51 bits per heavy atom. The molecule has 0 unspecified atom stereocenters. The highest BCUT2D eigenvalue weighted by Crippen LogP contribution is 2.42. The first kappa shape index (κ1) is 19.8. The highest BCUT2D eigenvalue weighted by atomic mass is 15.1. The Balaban J connectivity index is 1.57. The van der Waals surface area contributed by atoms with Crippen molar-refractivity contribution in [3.8, 4) is 0 Å². The molecule has 0 aromatic heterocycles. The number of hydrogen-bond acceptors (Lipinski definition) is 1. The Hall–Kier alpha value is -4.62.